The van der Waals surface area contributed by atoms with Crippen LogP contribution in [0, 0.1) is 0 Å². The smallest absolute Gasteiger partial charge is 0.302 e. The molecule has 11 heteroatoms. The molecule has 1 amide bonds. The number of hydrogen-bond acceptors (Lipinski definition) is 9. The Kier molecular flexibility index (Phi) is 8.42. The predicted molar refractivity (Wildman–Crippen MR) is 145 cm³/mol. The highest BCUT2D eigenvalue weighted by Crippen LogP contribution is 2.30. The topological polar surface area (TPSA) is 112 Å². The van der Waals surface area contributed by atoms with E-state index >= 15 is 0 Å². The molecule has 0 aliphatic carbocycles. The Labute approximate surface area is 221 Å². The van der Waals surface area contributed by atoms with E-state index in [-0.39, 0.29) is 11.9 Å². The third-order valence-corrected chi connectivity index (χ3v) is 6.28. The minimum atomic E-state index is -0.263. The maximum atomic E-state index is 12.2. The number of benzene rings is 2. The van der Waals surface area contributed by atoms with E-state index in [9.17, 15) is 9.59 Å². The van der Waals surface area contributed by atoms with Gasteiger partial charge in [0.2, 0.25) is 5.95 Å². The number of aromatic nitrogens is 2. The van der Waals surface area contributed by atoms with Crippen molar-refractivity contribution in [3.8, 4) is 0 Å². The number of carbonyl (C=O) groups excluding carboxylic acids is 2. The number of halogens is 1. The SMILES string of the molecule is CNC(=O)c1ccccc1Nc1nc(Nc2ccc3c(c2)N(C)CCN(CCOC(C)=O)C3)ncc1Cl. The van der Waals surface area contributed by atoms with Crippen LogP contribution in [0.15, 0.2) is 48.7 Å². The zero-order valence-electron chi connectivity index (χ0n) is 21.0. The summed E-state index contributed by atoms with van der Waals surface area (Å²) in [5, 5.41) is 9.36. The van der Waals surface area contributed by atoms with E-state index in [1.807, 2.05) is 12.1 Å². The van der Waals surface area contributed by atoms with Gasteiger partial charge in [-0.2, -0.15) is 4.98 Å². The Morgan fingerprint density at radius 1 is 1.14 bits per heavy atom. The number of esters is 1. The summed E-state index contributed by atoms with van der Waals surface area (Å²) < 4.78 is 5.11. The lowest BCUT2D eigenvalue weighted by Crippen LogP contribution is -2.32. The lowest BCUT2D eigenvalue weighted by Gasteiger charge is -2.20. The third-order valence-electron chi connectivity index (χ3n) is 6.01. The van der Waals surface area contributed by atoms with Crippen molar-refractivity contribution >= 4 is 52.3 Å². The Hall–Kier alpha value is -3.89. The fourth-order valence-corrected chi connectivity index (χ4v) is 4.21. The van der Waals surface area contributed by atoms with E-state index in [4.69, 9.17) is 16.3 Å². The molecular formula is C26H30ClN7O3. The molecule has 0 spiro atoms. The largest absolute Gasteiger partial charge is 0.465 e. The summed E-state index contributed by atoms with van der Waals surface area (Å²) in [5.74, 6) is 0.265. The van der Waals surface area contributed by atoms with Crippen LogP contribution in [0.4, 0.5) is 28.8 Å². The molecule has 4 rings (SSSR count). The van der Waals surface area contributed by atoms with Gasteiger partial charge in [0.15, 0.2) is 5.82 Å². The second kappa shape index (κ2) is 11.9. The number of para-hydroxylation sites is 1. The molecule has 3 N–H and O–H groups in total. The van der Waals surface area contributed by atoms with Crippen molar-refractivity contribution in [2.24, 2.45) is 0 Å². The Bertz CT molecular complexity index is 1290. The van der Waals surface area contributed by atoms with Crippen LogP contribution in [0.1, 0.15) is 22.8 Å². The number of fused-ring (bicyclic) bond motifs is 1. The summed E-state index contributed by atoms with van der Waals surface area (Å²) >= 11 is 6.36. The molecule has 3 aromatic rings. The zero-order valence-corrected chi connectivity index (χ0v) is 21.8. The Balaban J connectivity index is 1.51. The average Bonchev–Trinajstić information content (AvgIpc) is 3.04. The first-order valence-electron chi connectivity index (χ1n) is 11.9. The van der Waals surface area contributed by atoms with Gasteiger partial charge in [-0.1, -0.05) is 29.8 Å². The van der Waals surface area contributed by atoms with E-state index in [1.165, 1.54) is 18.7 Å². The van der Waals surface area contributed by atoms with Gasteiger partial charge in [-0.15, -0.1) is 0 Å². The Morgan fingerprint density at radius 2 is 1.95 bits per heavy atom. The normalized spacial score (nSPS) is 13.4. The third kappa shape index (κ3) is 6.66. The molecule has 0 saturated carbocycles. The minimum Gasteiger partial charge on any atom is -0.465 e. The maximum absolute atomic E-state index is 12.2. The number of amides is 1. The van der Waals surface area contributed by atoms with E-state index in [0.717, 1.165) is 31.0 Å². The highest BCUT2D eigenvalue weighted by molar-refractivity contribution is 6.33. The van der Waals surface area contributed by atoms with E-state index in [0.29, 0.717) is 41.2 Å². The second-order valence-electron chi connectivity index (χ2n) is 8.65. The molecule has 194 valence electrons. The van der Waals surface area contributed by atoms with E-state index < -0.39 is 0 Å². The van der Waals surface area contributed by atoms with Crippen molar-refractivity contribution in [2.45, 2.75) is 13.5 Å². The molecule has 0 fully saturated rings. The number of nitrogens with one attached hydrogen (secondary N) is 3. The molecular weight excluding hydrogens is 494 g/mol. The molecule has 0 saturated heterocycles. The summed E-state index contributed by atoms with van der Waals surface area (Å²) in [6.07, 6.45) is 1.51. The first-order valence-corrected chi connectivity index (χ1v) is 12.3. The fraction of sp³-hybridized carbons (Fsp3) is 0.308. The summed E-state index contributed by atoms with van der Waals surface area (Å²) in [6, 6.07) is 13.2. The molecule has 0 bridgehead atoms. The van der Waals surface area contributed by atoms with Crippen molar-refractivity contribution in [3.63, 3.8) is 0 Å². The molecule has 0 unspecified atom stereocenters. The van der Waals surface area contributed by atoms with Crippen LogP contribution in [0.25, 0.3) is 0 Å². The molecule has 2 aromatic carbocycles. The zero-order chi connectivity index (χ0) is 26.4. The van der Waals surface area contributed by atoms with Gasteiger partial charge in [-0.05, 0) is 29.8 Å². The van der Waals surface area contributed by atoms with Gasteiger partial charge < -0.3 is 25.6 Å². The first-order chi connectivity index (χ1) is 17.8. The standard InChI is InChI=1S/C26H30ClN7O3/c1-17(35)37-13-12-34-11-10-33(3)23-14-19(9-8-18(23)16-34)30-26-29-15-21(27)24(32-26)31-22-7-5-4-6-20(22)25(36)28-2/h4-9,14-15H,10-13,16H2,1-3H3,(H,28,36)(H2,29,30,31,32). The predicted octanol–water partition coefficient (Wildman–Crippen LogP) is 3.79. The summed E-state index contributed by atoms with van der Waals surface area (Å²) in [6.45, 7) is 4.95. The molecule has 37 heavy (non-hydrogen) atoms. The summed E-state index contributed by atoms with van der Waals surface area (Å²) in [5.41, 5.74) is 4.17. The van der Waals surface area contributed by atoms with E-state index in [2.05, 4.69) is 54.9 Å². The first kappa shape index (κ1) is 26.2. The molecule has 2 heterocycles. The van der Waals surface area contributed by atoms with Crippen molar-refractivity contribution < 1.29 is 14.3 Å². The second-order valence-corrected chi connectivity index (χ2v) is 9.05. The Morgan fingerprint density at radius 3 is 2.73 bits per heavy atom. The van der Waals surface area contributed by atoms with Crippen LogP contribution < -0.4 is 20.9 Å². The molecule has 0 radical (unpaired) electrons. The highest BCUT2D eigenvalue weighted by Gasteiger charge is 2.19. The highest BCUT2D eigenvalue weighted by atomic mass is 35.5. The molecule has 0 atom stereocenters. The van der Waals surface area contributed by atoms with Crippen LogP contribution >= 0.6 is 11.6 Å². The number of nitrogens with zero attached hydrogens (tertiary/aromatic N) is 4. The van der Waals surface area contributed by atoms with Crippen LogP contribution in [0.5, 0.6) is 0 Å². The fourth-order valence-electron chi connectivity index (χ4n) is 4.07. The van der Waals surface area contributed by atoms with Crippen LogP contribution in [0.3, 0.4) is 0 Å². The van der Waals surface area contributed by atoms with Crippen molar-refractivity contribution in [2.75, 3.05) is 55.9 Å². The van der Waals surface area contributed by atoms with Gasteiger partial charge in [0.05, 0.1) is 17.4 Å². The number of likely N-dealkylation sites (N-methyl/N-ethyl adjacent to an activating group) is 1. The summed E-state index contributed by atoms with van der Waals surface area (Å²) in [4.78, 5) is 36.7. The van der Waals surface area contributed by atoms with Gasteiger partial charge >= 0.3 is 5.97 Å². The quantitative estimate of drug-likeness (QED) is 0.379. The molecule has 1 aliphatic heterocycles. The summed E-state index contributed by atoms with van der Waals surface area (Å²) in [7, 11) is 3.64. The molecule has 10 nitrogen and oxygen atoms in total. The maximum Gasteiger partial charge on any atom is 0.302 e. The van der Waals surface area contributed by atoms with Crippen molar-refractivity contribution in [1.29, 1.82) is 0 Å². The molecule has 1 aromatic heterocycles. The van der Waals surface area contributed by atoms with Crippen LogP contribution in [-0.2, 0) is 16.1 Å². The van der Waals surface area contributed by atoms with Crippen molar-refractivity contribution in [3.05, 3.63) is 64.8 Å². The monoisotopic (exact) mass is 523 g/mol. The van der Waals surface area contributed by atoms with Gasteiger partial charge in [0.1, 0.15) is 11.6 Å². The minimum absolute atomic E-state index is 0.217. The van der Waals surface area contributed by atoms with Crippen LogP contribution in [-0.4, -0.2) is 67.1 Å². The number of rotatable bonds is 8. The van der Waals surface area contributed by atoms with Crippen molar-refractivity contribution in [1.82, 2.24) is 20.2 Å². The number of ether oxygens (including phenoxy) is 1. The number of carbonyl (C=O) groups is 2. The van der Waals surface area contributed by atoms with Crippen LogP contribution in [0.2, 0.25) is 5.02 Å². The van der Waals surface area contributed by atoms with Gasteiger partial charge in [0, 0.05) is 58.6 Å². The van der Waals surface area contributed by atoms with E-state index in [1.54, 1.807) is 25.2 Å². The van der Waals surface area contributed by atoms with Gasteiger partial charge in [-0.25, -0.2) is 4.98 Å². The van der Waals surface area contributed by atoms with Gasteiger partial charge in [-0.3, -0.25) is 14.5 Å². The lowest BCUT2D eigenvalue weighted by atomic mass is 10.1. The molecule has 1 aliphatic rings. The average molecular weight is 524 g/mol. The van der Waals surface area contributed by atoms with Gasteiger partial charge in [0.25, 0.3) is 5.91 Å². The number of anilines is 5. The lowest BCUT2D eigenvalue weighted by molar-refractivity contribution is -0.141. The number of hydrogen-bond donors (Lipinski definition) is 3.